The summed E-state index contributed by atoms with van der Waals surface area (Å²) in [5.41, 5.74) is 8.46. The molecule has 11 rings (SSSR count). The van der Waals surface area contributed by atoms with E-state index in [1.165, 1.54) is 10.8 Å². The normalized spacial score (nSPS) is 14.7. The molecular formula is C47H29N3O2. The van der Waals surface area contributed by atoms with E-state index < -0.39 is 6.17 Å². The highest BCUT2D eigenvalue weighted by atomic mass is 16.3. The Balaban J connectivity index is 1.15. The zero-order valence-electron chi connectivity index (χ0n) is 27.9. The zero-order chi connectivity index (χ0) is 34.2. The van der Waals surface area contributed by atoms with Crippen molar-refractivity contribution >= 4 is 77.1 Å². The molecule has 0 amide bonds. The predicted molar refractivity (Wildman–Crippen MR) is 213 cm³/mol. The lowest BCUT2D eigenvalue weighted by Gasteiger charge is -2.24. The molecule has 1 aliphatic heterocycles. The first-order chi connectivity index (χ1) is 25.7. The molecule has 0 aliphatic carbocycles. The van der Waals surface area contributed by atoms with Gasteiger partial charge >= 0.3 is 0 Å². The summed E-state index contributed by atoms with van der Waals surface area (Å²) < 4.78 is 13.0. The van der Waals surface area contributed by atoms with Gasteiger partial charge in [-0.25, -0.2) is 9.98 Å². The van der Waals surface area contributed by atoms with E-state index in [2.05, 4.69) is 127 Å². The monoisotopic (exact) mass is 667 g/mol. The molecule has 5 heteroatoms. The zero-order valence-corrected chi connectivity index (χ0v) is 27.9. The second-order valence-corrected chi connectivity index (χ2v) is 13.4. The lowest BCUT2D eigenvalue weighted by Crippen LogP contribution is -2.33. The fourth-order valence-corrected chi connectivity index (χ4v) is 7.75. The van der Waals surface area contributed by atoms with Crippen molar-refractivity contribution in [3.05, 3.63) is 180 Å². The predicted octanol–water partition coefficient (Wildman–Crippen LogP) is 12.0. The summed E-state index contributed by atoms with van der Waals surface area (Å²) in [6.45, 7) is 0. The Morgan fingerprint density at radius 1 is 0.462 bits per heavy atom. The van der Waals surface area contributed by atoms with Gasteiger partial charge in [0, 0.05) is 43.8 Å². The van der Waals surface area contributed by atoms with Gasteiger partial charge in [-0.3, -0.25) is 0 Å². The maximum absolute atomic E-state index is 6.88. The molecule has 52 heavy (non-hydrogen) atoms. The van der Waals surface area contributed by atoms with Gasteiger partial charge < -0.3 is 14.2 Å². The maximum Gasteiger partial charge on any atom is 0.159 e. The molecule has 1 aliphatic rings. The minimum atomic E-state index is -0.445. The van der Waals surface area contributed by atoms with E-state index in [-0.39, 0.29) is 0 Å². The number of nitrogens with zero attached hydrogens (tertiary/aromatic N) is 2. The number of hydrogen-bond donors (Lipinski definition) is 1. The van der Waals surface area contributed by atoms with Crippen molar-refractivity contribution in [1.82, 2.24) is 5.32 Å². The molecule has 0 fully saturated rings. The molecule has 1 unspecified atom stereocenters. The Bertz CT molecular complexity index is 3110. The second kappa shape index (κ2) is 11.3. The topological polar surface area (TPSA) is 63.0 Å². The third-order valence-corrected chi connectivity index (χ3v) is 10.3. The first-order valence-electron chi connectivity index (χ1n) is 17.5. The molecule has 0 spiro atoms. The van der Waals surface area contributed by atoms with Crippen LogP contribution in [0.5, 0.6) is 0 Å². The first kappa shape index (κ1) is 28.8. The van der Waals surface area contributed by atoms with Crippen LogP contribution in [0.1, 0.15) is 22.9 Å². The summed E-state index contributed by atoms with van der Waals surface area (Å²) in [5, 5.41) is 12.6. The van der Waals surface area contributed by atoms with Crippen molar-refractivity contribution in [3.8, 4) is 11.1 Å². The van der Waals surface area contributed by atoms with Gasteiger partial charge in [-0.1, -0.05) is 121 Å². The molecule has 244 valence electrons. The number of aliphatic imine (C=N–C) groups is 2. The van der Waals surface area contributed by atoms with Crippen molar-refractivity contribution in [2.45, 2.75) is 6.17 Å². The summed E-state index contributed by atoms with van der Waals surface area (Å²) in [7, 11) is 0. The van der Waals surface area contributed by atoms with Crippen molar-refractivity contribution in [1.29, 1.82) is 0 Å². The molecule has 1 atom stereocenters. The number of amidine groups is 2. The van der Waals surface area contributed by atoms with Gasteiger partial charge in [-0.2, -0.15) is 0 Å². The number of furan rings is 2. The summed E-state index contributed by atoms with van der Waals surface area (Å²) in [6, 6.07) is 56.9. The van der Waals surface area contributed by atoms with E-state index in [4.69, 9.17) is 18.8 Å². The van der Waals surface area contributed by atoms with Crippen LogP contribution in [0.4, 0.5) is 0 Å². The highest BCUT2D eigenvalue weighted by Crippen LogP contribution is 2.42. The van der Waals surface area contributed by atoms with Crippen molar-refractivity contribution in [2.75, 3.05) is 0 Å². The molecule has 10 aromatic rings. The molecule has 5 nitrogen and oxygen atoms in total. The lowest BCUT2D eigenvalue weighted by molar-refractivity contribution is 0.663. The van der Waals surface area contributed by atoms with Crippen LogP contribution in [0.2, 0.25) is 0 Å². The van der Waals surface area contributed by atoms with Gasteiger partial charge in [0.2, 0.25) is 0 Å². The van der Waals surface area contributed by atoms with Crippen LogP contribution in [0, 0.1) is 0 Å². The largest absolute Gasteiger partial charge is 0.456 e. The summed E-state index contributed by atoms with van der Waals surface area (Å²) >= 11 is 0. The van der Waals surface area contributed by atoms with Gasteiger partial charge in [0.05, 0.1) is 0 Å². The van der Waals surface area contributed by atoms with Crippen molar-refractivity contribution in [2.24, 2.45) is 9.98 Å². The van der Waals surface area contributed by atoms with Gasteiger partial charge in [-0.15, -0.1) is 0 Å². The summed E-state index contributed by atoms with van der Waals surface area (Å²) in [6.07, 6.45) is -0.445. The van der Waals surface area contributed by atoms with Crippen molar-refractivity contribution in [3.63, 3.8) is 0 Å². The molecular weight excluding hydrogens is 639 g/mol. The fraction of sp³-hybridized carbons (Fsp3) is 0.0213. The van der Waals surface area contributed by atoms with Crippen LogP contribution in [-0.2, 0) is 0 Å². The molecule has 0 bridgehead atoms. The Labute approximate surface area is 298 Å². The van der Waals surface area contributed by atoms with Gasteiger partial charge in [-0.05, 0) is 69.6 Å². The van der Waals surface area contributed by atoms with E-state index in [1.54, 1.807) is 0 Å². The van der Waals surface area contributed by atoms with Crippen LogP contribution in [0.15, 0.2) is 183 Å². The van der Waals surface area contributed by atoms with Crippen molar-refractivity contribution < 1.29 is 8.83 Å². The Morgan fingerprint density at radius 2 is 1.17 bits per heavy atom. The molecule has 8 aromatic carbocycles. The van der Waals surface area contributed by atoms with Gasteiger partial charge in [0.1, 0.15) is 34.3 Å². The van der Waals surface area contributed by atoms with Crippen LogP contribution >= 0.6 is 0 Å². The second-order valence-electron chi connectivity index (χ2n) is 13.4. The van der Waals surface area contributed by atoms with Gasteiger partial charge in [0.15, 0.2) is 5.84 Å². The molecule has 2 aromatic heterocycles. The van der Waals surface area contributed by atoms with Crippen LogP contribution in [-0.4, -0.2) is 11.7 Å². The highest BCUT2D eigenvalue weighted by Gasteiger charge is 2.26. The Kier molecular flexibility index (Phi) is 6.25. The third-order valence-electron chi connectivity index (χ3n) is 10.3. The van der Waals surface area contributed by atoms with E-state index in [1.807, 2.05) is 42.5 Å². The average molecular weight is 668 g/mol. The SMILES string of the molecule is c1ccc(C2=NC(c3ccc4oc5ccccc5c4c3)=NC(c3ccc(-c4ccc5ccccc5c4)c4oc5cc6ccccc6cc5c34)N2)cc1. The number of hydrogen-bond acceptors (Lipinski definition) is 5. The minimum absolute atomic E-state index is 0.445. The Hall–Kier alpha value is -6.98. The average Bonchev–Trinajstić information content (AvgIpc) is 3.77. The van der Waals surface area contributed by atoms with Crippen LogP contribution < -0.4 is 5.32 Å². The van der Waals surface area contributed by atoms with Crippen LogP contribution in [0.25, 0.3) is 76.5 Å². The van der Waals surface area contributed by atoms with E-state index in [0.29, 0.717) is 5.84 Å². The highest BCUT2D eigenvalue weighted by molar-refractivity contribution is 6.18. The van der Waals surface area contributed by atoms with E-state index in [9.17, 15) is 0 Å². The number of fused-ring (bicyclic) bond motifs is 8. The molecule has 0 radical (unpaired) electrons. The first-order valence-corrected chi connectivity index (χ1v) is 17.5. The minimum Gasteiger partial charge on any atom is -0.456 e. The molecule has 0 saturated carbocycles. The number of para-hydroxylation sites is 1. The van der Waals surface area contributed by atoms with Gasteiger partial charge in [0.25, 0.3) is 0 Å². The molecule has 0 saturated heterocycles. The van der Waals surface area contributed by atoms with E-state index >= 15 is 0 Å². The standard InChI is InChI=1S/C47H29N3O2/c1-2-11-29(12-3-1)45-48-46(34-20-23-41-38(26-34)36-16-8-9-17-40(36)51-41)50-47(49-45)37-22-21-35(33-19-18-28-10-4-5-13-30(28)24-33)44-43(37)39-25-31-14-6-7-15-32(31)27-42(39)52-44/h1-27,47H,(H,48,49,50). The summed E-state index contributed by atoms with van der Waals surface area (Å²) in [4.78, 5) is 10.5. The van der Waals surface area contributed by atoms with E-state index in [0.717, 1.165) is 88.3 Å². The third kappa shape index (κ3) is 4.56. The fourth-order valence-electron chi connectivity index (χ4n) is 7.75. The quantitative estimate of drug-likeness (QED) is 0.203. The summed E-state index contributed by atoms with van der Waals surface area (Å²) in [5.74, 6) is 1.41. The molecule has 1 N–H and O–H groups in total. The Morgan fingerprint density at radius 3 is 2.04 bits per heavy atom. The van der Waals surface area contributed by atoms with Crippen LogP contribution in [0.3, 0.4) is 0 Å². The number of nitrogens with one attached hydrogen (secondary N) is 1. The smallest absolute Gasteiger partial charge is 0.159 e. The number of benzene rings is 8. The lowest BCUT2D eigenvalue weighted by atomic mass is 9.95. The maximum atomic E-state index is 6.88. The number of rotatable bonds is 4. The molecule has 3 heterocycles.